The third kappa shape index (κ3) is 2.83. The summed E-state index contributed by atoms with van der Waals surface area (Å²) in [6.45, 7) is 7.84. The molecule has 96 valence electrons. The fourth-order valence-corrected chi connectivity index (χ4v) is 2.54. The number of hydrogen-bond acceptors (Lipinski definition) is 3. The predicted molar refractivity (Wildman–Crippen MR) is 71.4 cm³/mol. The first-order valence-electron chi connectivity index (χ1n) is 6.33. The molecule has 1 heterocycles. The highest BCUT2D eigenvalue weighted by atomic mass is 16.5. The van der Waals surface area contributed by atoms with Gasteiger partial charge in [-0.2, -0.15) is 5.26 Å². The maximum Gasteiger partial charge on any atom is 0.136 e. The Morgan fingerprint density at radius 1 is 1.44 bits per heavy atom. The summed E-state index contributed by atoms with van der Waals surface area (Å²) in [7, 11) is 1.61. The molecule has 0 radical (unpaired) electrons. The van der Waals surface area contributed by atoms with Gasteiger partial charge in [0.15, 0.2) is 0 Å². The highest BCUT2D eigenvalue weighted by molar-refractivity contribution is 5.45. The third-order valence-corrected chi connectivity index (χ3v) is 3.55. The van der Waals surface area contributed by atoms with Gasteiger partial charge in [-0.15, -0.1) is 0 Å². The molecule has 0 spiro atoms. The largest absolute Gasteiger partial charge is 0.495 e. The van der Waals surface area contributed by atoms with Crippen LogP contribution in [0.15, 0.2) is 18.2 Å². The summed E-state index contributed by atoms with van der Waals surface area (Å²) in [6, 6.07) is 7.98. The molecule has 1 aromatic carbocycles. The number of likely N-dealkylation sites (tertiary alicyclic amines) is 1. The first-order valence-corrected chi connectivity index (χ1v) is 6.33. The molecule has 3 nitrogen and oxygen atoms in total. The van der Waals surface area contributed by atoms with Crippen molar-refractivity contribution in [3.05, 3.63) is 29.3 Å². The van der Waals surface area contributed by atoms with E-state index in [1.807, 2.05) is 18.2 Å². The van der Waals surface area contributed by atoms with E-state index in [4.69, 9.17) is 10.00 Å². The zero-order chi connectivity index (χ0) is 13.2. The fourth-order valence-electron chi connectivity index (χ4n) is 2.54. The summed E-state index contributed by atoms with van der Waals surface area (Å²) in [5.74, 6) is 0.674. The smallest absolute Gasteiger partial charge is 0.136 e. The van der Waals surface area contributed by atoms with Crippen molar-refractivity contribution < 1.29 is 4.74 Å². The number of ether oxygens (including phenoxy) is 1. The average Bonchev–Trinajstić information content (AvgIpc) is 2.68. The van der Waals surface area contributed by atoms with Crippen LogP contribution >= 0.6 is 0 Å². The van der Waals surface area contributed by atoms with Gasteiger partial charge < -0.3 is 4.74 Å². The summed E-state index contributed by atoms with van der Waals surface area (Å²) in [6.07, 6.45) is 1.25. The molecule has 1 aromatic rings. The number of hydrogen-bond donors (Lipinski definition) is 0. The summed E-state index contributed by atoms with van der Waals surface area (Å²) < 4.78 is 5.24. The van der Waals surface area contributed by atoms with Gasteiger partial charge in [0.05, 0.1) is 12.7 Å². The number of rotatable bonds is 3. The number of benzene rings is 1. The molecule has 1 aliphatic rings. The van der Waals surface area contributed by atoms with Crippen LogP contribution in [-0.2, 0) is 6.54 Å². The highest BCUT2D eigenvalue weighted by Crippen LogP contribution is 2.30. The molecule has 18 heavy (non-hydrogen) atoms. The monoisotopic (exact) mass is 244 g/mol. The quantitative estimate of drug-likeness (QED) is 0.820. The molecular weight excluding hydrogens is 224 g/mol. The summed E-state index contributed by atoms with van der Waals surface area (Å²) >= 11 is 0. The van der Waals surface area contributed by atoms with Crippen molar-refractivity contribution in [3.63, 3.8) is 0 Å². The zero-order valence-electron chi connectivity index (χ0n) is 11.4. The molecule has 0 aliphatic carbocycles. The summed E-state index contributed by atoms with van der Waals surface area (Å²) in [5, 5.41) is 8.95. The lowest BCUT2D eigenvalue weighted by Crippen LogP contribution is -2.22. The lowest BCUT2D eigenvalue weighted by atomic mass is 9.93. The Kier molecular flexibility index (Phi) is 3.58. The maximum atomic E-state index is 8.95. The Morgan fingerprint density at radius 3 is 2.78 bits per heavy atom. The molecule has 3 heteroatoms. The Bertz CT molecular complexity index is 474. The molecule has 1 fully saturated rings. The second kappa shape index (κ2) is 4.99. The van der Waals surface area contributed by atoms with Gasteiger partial charge in [-0.3, -0.25) is 4.90 Å². The molecular formula is C15H20N2O. The first-order chi connectivity index (χ1) is 8.54. The van der Waals surface area contributed by atoms with E-state index in [0.717, 1.165) is 19.6 Å². The molecule has 0 saturated carbocycles. The van der Waals surface area contributed by atoms with Crippen LogP contribution in [-0.4, -0.2) is 25.1 Å². The summed E-state index contributed by atoms with van der Waals surface area (Å²) in [4.78, 5) is 2.46. The molecule has 0 atom stereocenters. The predicted octanol–water partition coefficient (Wildman–Crippen LogP) is 2.80. The first kappa shape index (κ1) is 12.9. The van der Waals surface area contributed by atoms with Crippen LogP contribution in [0.4, 0.5) is 0 Å². The van der Waals surface area contributed by atoms with E-state index in [2.05, 4.69) is 24.8 Å². The van der Waals surface area contributed by atoms with Gasteiger partial charge in [0.25, 0.3) is 0 Å². The summed E-state index contributed by atoms with van der Waals surface area (Å²) in [5.41, 5.74) is 2.24. The second-order valence-electron chi connectivity index (χ2n) is 5.77. The van der Waals surface area contributed by atoms with Crippen LogP contribution in [0.1, 0.15) is 31.4 Å². The number of nitrogens with zero attached hydrogens (tertiary/aromatic N) is 2. The maximum absolute atomic E-state index is 8.95. The average molecular weight is 244 g/mol. The van der Waals surface area contributed by atoms with Crippen molar-refractivity contribution in [2.75, 3.05) is 20.2 Å². The van der Waals surface area contributed by atoms with Crippen molar-refractivity contribution >= 4 is 0 Å². The van der Waals surface area contributed by atoms with Crippen LogP contribution < -0.4 is 4.74 Å². The van der Waals surface area contributed by atoms with Crippen molar-refractivity contribution in [2.45, 2.75) is 26.8 Å². The van der Waals surface area contributed by atoms with Crippen LogP contribution in [0.2, 0.25) is 0 Å². The van der Waals surface area contributed by atoms with Crippen LogP contribution in [0.25, 0.3) is 0 Å². The van der Waals surface area contributed by atoms with Crippen LogP contribution in [0.3, 0.4) is 0 Å². The van der Waals surface area contributed by atoms with E-state index in [-0.39, 0.29) is 0 Å². The highest BCUT2D eigenvalue weighted by Gasteiger charge is 2.28. The Balaban J connectivity index is 2.09. The SMILES string of the molecule is COc1cc(CN2CCC(C)(C)C2)ccc1C#N. The molecule has 0 amide bonds. The van der Waals surface area contributed by atoms with Crippen molar-refractivity contribution in [1.82, 2.24) is 4.90 Å². The van der Waals surface area contributed by atoms with Crippen molar-refractivity contribution in [2.24, 2.45) is 5.41 Å². The van der Waals surface area contributed by atoms with Gasteiger partial charge in [0.2, 0.25) is 0 Å². The topological polar surface area (TPSA) is 36.3 Å². The van der Waals surface area contributed by atoms with E-state index in [1.54, 1.807) is 7.11 Å². The molecule has 0 aromatic heterocycles. The molecule has 0 unspecified atom stereocenters. The minimum Gasteiger partial charge on any atom is -0.495 e. The van der Waals surface area contributed by atoms with Gasteiger partial charge in [-0.05, 0) is 36.1 Å². The molecule has 1 aliphatic heterocycles. The van der Waals surface area contributed by atoms with Gasteiger partial charge >= 0.3 is 0 Å². The lowest BCUT2D eigenvalue weighted by Gasteiger charge is -2.20. The minimum absolute atomic E-state index is 0.427. The fraction of sp³-hybridized carbons (Fsp3) is 0.533. The van der Waals surface area contributed by atoms with E-state index >= 15 is 0 Å². The van der Waals surface area contributed by atoms with E-state index in [0.29, 0.717) is 16.7 Å². The van der Waals surface area contributed by atoms with Crippen molar-refractivity contribution in [1.29, 1.82) is 5.26 Å². The Labute approximate surface area is 109 Å². The minimum atomic E-state index is 0.427. The lowest BCUT2D eigenvalue weighted by molar-refractivity contribution is 0.284. The van der Waals surface area contributed by atoms with Crippen LogP contribution in [0.5, 0.6) is 5.75 Å². The molecule has 0 N–H and O–H groups in total. The number of nitriles is 1. The van der Waals surface area contributed by atoms with Gasteiger partial charge in [0.1, 0.15) is 11.8 Å². The van der Waals surface area contributed by atoms with E-state index < -0.39 is 0 Å². The van der Waals surface area contributed by atoms with E-state index in [9.17, 15) is 0 Å². The normalized spacial score (nSPS) is 18.6. The van der Waals surface area contributed by atoms with E-state index in [1.165, 1.54) is 12.0 Å². The molecule has 1 saturated heterocycles. The molecule has 2 rings (SSSR count). The van der Waals surface area contributed by atoms with Gasteiger partial charge in [-0.25, -0.2) is 0 Å². The second-order valence-corrected chi connectivity index (χ2v) is 5.77. The number of methoxy groups -OCH3 is 1. The van der Waals surface area contributed by atoms with Crippen LogP contribution in [0, 0.1) is 16.7 Å². The van der Waals surface area contributed by atoms with Gasteiger partial charge in [0, 0.05) is 13.1 Å². The Hall–Kier alpha value is -1.53. The third-order valence-electron chi connectivity index (χ3n) is 3.55. The van der Waals surface area contributed by atoms with Gasteiger partial charge in [-0.1, -0.05) is 19.9 Å². The zero-order valence-corrected chi connectivity index (χ0v) is 11.4. The van der Waals surface area contributed by atoms with Crippen molar-refractivity contribution in [3.8, 4) is 11.8 Å². The Morgan fingerprint density at radius 2 is 2.22 bits per heavy atom. The molecule has 0 bridgehead atoms. The standard InChI is InChI=1S/C15H20N2O/c1-15(2)6-7-17(11-15)10-12-4-5-13(9-16)14(8-12)18-3/h4-5,8H,6-7,10-11H2,1-3H3.